The Balaban J connectivity index is 2.12. The number of nitrogens with one attached hydrogen (secondary N) is 1. The largest absolute Gasteiger partial charge is 0.384 e. The summed E-state index contributed by atoms with van der Waals surface area (Å²) in [5, 5.41) is 3.58. The van der Waals surface area contributed by atoms with Crippen molar-refractivity contribution in [2.45, 2.75) is 26.3 Å². The van der Waals surface area contributed by atoms with E-state index in [0.717, 1.165) is 18.7 Å². The van der Waals surface area contributed by atoms with Gasteiger partial charge in [-0.15, -0.1) is 11.3 Å². The molecule has 1 atom stereocenters. The lowest BCUT2D eigenvalue weighted by atomic mass is 10.1. The molecule has 0 bridgehead atoms. The molecular weight excluding hydrogens is 256 g/mol. The highest BCUT2D eigenvalue weighted by molar-refractivity contribution is 7.09. The Labute approximate surface area is 118 Å². The van der Waals surface area contributed by atoms with Gasteiger partial charge in [0.05, 0.1) is 23.9 Å². The van der Waals surface area contributed by atoms with Gasteiger partial charge in [0.15, 0.2) is 0 Å². The van der Waals surface area contributed by atoms with E-state index in [1.807, 2.05) is 5.51 Å². The van der Waals surface area contributed by atoms with Crippen LogP contribution in [0.1, 0.15) is 29.1 Å². The lowest BCUT2D eigenvalue weighted by Crippen LogP contribution is -2.09. The molecular formula is C15H20N2OS. The molecule has 0 aliphatic rings. The van der Waals surface area contributed by atoms with E-state index in [0.29, 0.717) is 0 Å². The molecule has 1 N–H and O–H groups in total. The minimum atomic E-state index is 0.274. The summed E-state index contributed by atoms with van der Waals surface area (Å²) in [5.41, 5.74) is 5.48. The van der Waals surface area contributed by atoms with Crippen LogP contribution in [0.15, 0.2) is 29.8 Å². The molecule has 19 heavy (non-hydrogen) atoms. The molecule has 102 valence electrons. The van der Waals surface area contributed by atoms with E-state index in [2.05, 4.69) is 48.4 Å². The minimum Gasteiger partial charge on any atom is -0.384 e. The fourth-order valence-electron chi connectivity index (χ4n) is 2.12. The van der Waals surface area contributed by atoms with Gasteiger partial charge in [0, 0.05) is 17.7 Å². The Morgan fingerprint density at radius 1 is 1.37 bits per heavy atom. The van der Waals surface area contributed by atoms with Crippen molar-refractivity contribution >= 4 is 17.0 Å². The second-order valence-corrected chi connectivity index (χ2v) is 5.45. The predicted molar refractivity (Wildman–Crippen MR) is 80.9 cm³/mol. The van der Waals surface area contributed by atoms with E-state index in [1.165, 1.54) is 16.1 Å². The average molecular weight is 276 g/mol. The van der Waals surface area contributed by atoms with E-state index in [9.17, 15) is 0 Å². The molecule has 4 heteroatoms. The summed E-state index contributed by atoms with van der Waals surface area (Å²) in [6, 6.07) is 8.67. The normalized spacial score (nSPS) is 12.4. The molecule has 0 aliphatic carbocycles. The third-order valence-electron chi connectivity index (χ3n) is 3.14. The third-order valence-corrected chi connectivity index (χ3v) is 4.25. The van der Waals surface area contributed by atoms with Crippen LogP contribution in [0, 0.1) is 6.92 Å². The van der Waals surface area contributed by atoms with E-state index in [-0.39, 0.29) is 6.04 Å². The molecule has 3 nitrogen and oxygen atoms in total. The SMILES string of the molecule is COCCc1ccccc1NC(C)c1scnc1C. The number of aryl methyl sites for hydroxylation is 1. The number of ether oxygens (including phenoxy) is 1. The predicted octanol–water partition coefficient (Wildman–Crippen LogP) is 3.81. The fraction of sp³-hybridized carbons (Fsp3) is 0.400. The maximum atomic E-state index is 5.16. The number of hydrogen-bond donors (Lipinski definition) is 1. The smallest absolute Gasteiger partial charge is 0.0798 e. The highest BCUT2D eigenvalue weighted by Gasteiger charge is 2.12. The van der Waals surface area contributed by atoms with Crippen molar-refractivity contribution in [2.24, 2.45) is 0 Å². The first kappa shape index (κ1) is 14.0. The van der Waals surface area contributed by atoms with E-state index in [1.54, 1.807) is 18.4 Å². The number of hydrogen-bond acceptors (Lipinski definition) is 4. The van der Waals surface area contributed by atoms with Crippen LogP contribution in [0.5, 0.6) is 0 Å². The molecule has 0 aliphatic heterocycles. The number of thiazole rings is 1. The number of para-hydroxylation sites is 1. The zero-order chi connectivity index (χ0) is 13.7. The zero-order valence-corrected chi connectivity index (χ0v) is 12.5. The number of aromatic nitrogens is 1. The van der Waals surface area contributed by atoms with Gasteiger partial charge in [-0.2, -0.15) is 0 Å². The first-order chi connectivity index (χ1) is 9.22. The number of benzene rings is 1. The summed E-state index contributed by atoms with van der Waals surface area (Å²) in [7, 11) is 1.74. The molecule has 1 heterocycles. The lowest BCUT2D eigenvalue weighted by molar-refractivity contribution is 0.202. The number of anilines is 1. The summed E-state index contributed by atoms with van der Waals surface area (Å²) in [5.74, 6) is 0. The van der Waals surface area contributed by atoms with Crippen LogP contribution in [-0.2, 0) is 11.2 Å². The molecule has 0 amide bonds. The van der Waals surface area contributed by atoms with Gasteiger partial charge in [0.2, 0.25) is 0 Å². The quantitative estimate of drug-likeness (QED) is 0.871. The van der Waals surface area contributed by atoms with Gasteiger partial charge in [0.1, 0.15) is 0 Å². The van der Waals surface area contributed by atoms with Gasteiger partial charge in [-0.05, 0) is 31.9 Å². The van der Waals surface area contributed by atoms with Gasteiger partial charge < -0.3 is 10.1 Å². The number of nitrogens with zero attached hydrogens (tertiary/aromatic N) is 1. The Bertz CT molecular complexity index is 524. The second-order valence-electron chi connectivity index (χ2n) is 4.57. The van der Waals surface area contributed by atoms with E-state index in [4.69, 9.17) is 4.74 Å². The van der Waals surface area contributed by atoms with Crippen LogP contribution in [0.2, 0.25) is 0 Å². The molecule has 0 radical (unpaired) electrons. The molecule has 1 aromatic carbocycles. The molecule has 2 aromatic rings. The molecule has 2 rings (SSSR count). The Hall–Kier alpha value is -1.39. The third kappa shape index (κ3) is 3.55. The van der Waals surface area contributed by atoms with Crippen molar-refractivity contribution in [3.8, 4) is 0 Å². The van der Waals surface area contributed by atoms with Crippen LogP contribution >= 0.6 is 11.3 Å². The minimum absolute atomic E-state index is 0.274. The van der Waals surface area contributed by atoms with Gasteiger partial charge in [-0.1, -0.05) is 18.2 Å². The van der Waals surface area contributed by atoms with Crippen molar-refractivity contribution in [2.75, 3.05) is 19.0 Å². The molecule has 1 unspecified atom stereocenters. The molecule has 0 spiro atoms. The van der Waals surface area contributed by atoms with Gasteiger partial charge in [0.25, 0.3) is 0 Å². The second kappa shape index (κ2) is 6.68. The van der Waals surface area contributed by atoms with Gasteiger partial charge in [-0.25, -0.2) is 4.98 Å². The van der Waals surface area contributed by atoms with Crippen molar-refractivity contribution in [3.05, 3.63) is 45.9 Å². The maximum absolute atomic E-state index is 5.16. The average Bonchev–Trinajstić information content (AvgIpc) is 2.84. The van der Waals surface area contributed by atoms with Crippen molar-refractivity contribution in [1.29, 1.82) is 0 Å². The monoisotopic (exact) mass is 276 g/mol. The van der Waals surface area contributed by atoms with E-state index < -0.39 is 0 Å². The van der Waals surface area contributed by atoms with Crippen LogP contribution in [0.3, 0.4) is 0 Å². The van der Waals surface area contributed by atoms with Crippen molar-refractivity contribution in [1.82, 2.24) is 4.98 Å². The Morgan fingerprint density at radius 3 is 2.84 bits per heavy atom. The summed E-state index contributed by atoms with van der Waals surface area (Å²) in [4.78, 5) is 5.60. The van der Waals surface area contributed by atoms with Gasteiger partial charge >= 0.3 is 0 Å². The van der Waals surface area contributed by atoms with E-state index >= 15 is 0 Å². The summed E-state index contributed by atoms with van der Waals surface area (Å²) >= 11 is 1.70. The fourth-order valence-corrected chi connectivity index (χ4v) is 2.93. The highest BCUT2D eigenvalue weighted by Crippen LogP contribution is 2.27. The van der Waals surface area contributed by atoms with Crippen molar-refractivity contribution in [3.63, 3.8) is 0 Å². The summed E-state index contributed by atoms with van der Waals surface area (Å²) in [6.45, 7) is 4.97. The van der Waals surface area contributed by atoms with Crippen LogP contribution in [0.25, 0.3) is 0 Å². The topological polar surface area (TPSA) is 34.1 Å². The Kier molecular flexibility index (Phi) is 4.93. The first-order valence-electron chi connectivity index (χ1n) is 6.45. The van der Waals surface area contributed by atoms with Gasteiger partial charge in [-0.3, -0.25) is 0 Å². The van der Waals surface area contributed by atoms with Crippen LogP contribution < -0.4 is 5.32 Å². The number of methoxy groups -OCH3 is 1. The molecule has 0 fully saturated rings. The standard InChI is InChI=1S/C15H20N2OS/c1-11-15(19-10-16-11)12(2)17-14-7-5-4-6-13(14)8-9-18-3/h4-7,10,12,17H,8-9H2,1-3H3. The van der Waals surface area contributed by atoms with Crippen LogP contribution in [0.4, 0.5) is 5.69 Å². The molecule has 0 saturated heterocycles. The van der Waals surface area contributed by atoms with Crippen LogP contribution in [-0.4, -0.2) is 18.7 Å². The lowest BCUT2D eigenvalue weighted by Gasteiger charge is -2.17. The molecule has 1 aromatic heterocycles. The molecule has 0 saturated carbocycles. The highest BCUT2D eigenvalue weighted by atomic mass is 32.1. The Morgan fingerprint density at radius 2 is 2.16 bits per heavy atom. The summed E-state index contributed by atoms with van der Waals surface area (Å²) < 4.78 is 5.16. The summed E-state index contributed by atoms with van der Waals surface area (Å²) in [6.07, 6.45) is 0.925. The zero-order valence-electron chi connectivity index (χ0n) is 11.6. The van der Waals surface area contributed by atoms with Crippen molar-refractivity contribution < 1.29 is 4.74 Å². The number of rotatable bonds is 6. The maximum Gasteiger partial charge on any atom is 0.0798 e. The first-order valence-corrected chi connectivity index (χ1v) is 7.33.